The van der Waals surface area contributed by atoms with E-state index in [1.165, 1.54) is 36.8 Å². The summed E-state index contributed by atoms with van der Waals surface area (Å²) < 4.78 is 0. The molecule has 3 aliphatic rings. The highest BCUT2D eigenvalue weighted by molar-refractivity contribution is 7.99. The third-order valence-electron chi connectivity index (χ3n) is 5.76. The Morgan fingerprint density at radius 2 is 2.15 bits per heavy atom. The van der Waals surface area contributed by atoms with E-state index >= 15 is 0 Å². The topological polar surface area (TPSA) is 15.3 Å². The quantitative estimate of drug-likeness (QED) is 0.901. The van der Waals surface area contributed by atoms with Gasteiger partial charge in [0.05, 0.1) is 0 Å². The van der Waals surface area contributed by atoms with Crippen molar-refractivity contribution in [1.82, 2.24) is 10.2 Å². The fourth-order valence-corrected chi connectivity index (χ4v) is 5.70. The van der Waals surface area contributed by atoms with Crippen molar-refractivity contribution in [2.24, 2.45) is 11.8 Å². The van der Waals surface area contributed by atoms with Crippen molar-refractivity contribution in [2.45, 2.75) is 30.2 Å². The van der Waals surface area contributed by atoms with Crippen LogP contribution in [-0.4, -0.2) is 42.4 Å². The van der Waals surface area contributed by atoms with Crippen LogP contribution >= 0.6 is 11.8 Å². The van der Waals surface area contributed by atoms with Gasteiger partial charge in [0.25, 0.3) is 0 Å². The number of nitrogens with one attached hydrogen (secondary N) is 1. The summed E-state index contributed by atoms with van der Waals surface area (Å²) in [5, 5.41) is 3.58. The van der Waals surface area contributed by atoms with Crippen molar-refractivity contribution in [3.63, 3.8) is 0 Å². The van der Waals surface area contributed by atoms with Crippen LogP contribution in [0.4, 0.5) is 0 Å². The maximum atomic E-state index is 3.58. The van der Waals surface area contributed by atoms with E-state index in [1.54, 1.807) is 5.56 Å². The summed E-state index contributed by atoms with van der Waals surface area (Å²) in [5.41, 5.74) is 1.94. The van der Waals surface area contributed by atoms with Crippen LogP contribution in [0.15, 0.2) is 29.2 Å². The number of fused-ring (bicyclic) bond motifs is 2. The Balaban J connectivity index is 1.53. The molecule has 1 N–H and O–H groups in total. The van der Waals surface area contributed by atoms with Gasteiger partial charge in [0.15, 0.2) is 0 Å². The van der Waals surface area contributed by atoms with Crippen LogP contribution in [0.25, 0.3) is 0 Å². The first-order valence-electron chi connectivity index (χ1n) is 7.84. The fourth-order valence-electron chi connectivity index (χ4n) is 4.46. The molecule has 2 fully saturated rings. The van der Waals surface area contributed by atoms with E-state index in [2.05, 4.69) is 48.3 Å². The lowest BCUT2D eigenvalue weighted by molar-refractivity contribution is 0.134. The molecule has 20 heavy (non-hydrogen) atoms. The summed E-state index contributed by atoms with van der Waals surface area (Å²) >= 11 is 2.04. The smallest absolute Gasteiger partial charge is 0.0197 e. The van der Waals surface area contributed by atoms with Crippen molar-refractivity contribution < 1.29 is 0 Å². The summed E-state index contributed by atoms with van der Waals surface area (Å²) in [7, 11) is 0. The molecule has 2 saturated heterocycles. The highest BCUT2D eigenvalue weighted by Gasteiger charge is 2.49. The average Bonchev–Trinajstić information content (AvgIpc) is 3.10. The van der Waals surface area contributed by atoms with Gasteiger partial charge < -0.3 is 5.32 Å². The van der Waals surface area contributed by atoms with Crippen LogP contribution in [0, 0.1) is 11.8 Å². The molecule has 0 amide bonds. The van der Waals surface area contributed by atoms with Crippen molar-refractivity contribution in [1.29, 1.82) is 0 Å². The monoisotopic (exact) mass is 288 g/mol. The van der Waals surface area contributed by atoms with E-state index in [-0.39, 0.29) is 0 Å². The van der Waals surface area contributed by atoms with Crippen molar-refractivity contribution >= 4 is 11.8 Å². The normalized spacial score (nSPS) is 35.2. The highest BCUT2D eigenvalue weighted by atomic mass is 32.2. The van der Waals surface area contributed by atoms with Gasteiger partial charge >= 0.3 is 0 Å². The second kappa shape index (κ2) is 4.75. The van der Waals surface area contributed by atoms with E-state index in [0.717, 1.165) is 17.8 Å². The summed E-state index contributed by atoms with van der Waals surface area (Å²) in [6, 6.07) is 8.99. The number of thioether (sulfide) groups is 1. The maximum absolute atomic E-state index is 3.58. The molecule has 1 aromatic rings. The van der Waals surface area contributed by atoms with Crippen LogP contribution in [-0.2, 0) is 0 Å². The maximum Gasteiger partial charge on any atom is 0.0197 e. The van der Waals surface area contributed by atoms with Gasteiger partial charge in [-0.3, -0.25) is 4.90 Å². The summed E-state index contributed by atoms with van der Waals surface area (Å²) in [5.74, 6) is 3.70. The van der Waals surface area contributed by atoms with Gasteiger partial charge in [-0.15, -0.1) is 11.8 Å². The summed E-state index contributed by atoms with van der Waals surface area (Å²) in [6.07, 6.45) is 0. The van der Waals surface area contributed by atoms with Gasteiger partial charge in [-0.1, -0.05) is 18.2 Å². The van der Waals surface area contributed by atoms with E-state index in [4.69, 9.17) is 0 Å². The van der Waals surface area contributed by atoms with Crippen molar-refractivity contribution in [3.05, 3.63) is 29.8 Å². The third kappa shape index (κ3) is 1.94. The first-order chi connectivity index (χ1) is 9.66. The van der Waals surface area contributed by atoms with Gasteiger partial charge in [-0.05, 0) is 43.9 Å². The summed E-state index contributed by atoms with van der Waals surface area (Å²) in [4.78, 5) is 4.28. The average molecular weight is 288 g/mol. The number of likely N-dealkylation sites (tertiary alicyclic amines) is 1. The molecule has 3 atom stereocenters. The lowest BCUT2D eigenvalue weighted by atomic mass is 9.84. The molecule has 0 radical (unpaired) electrons. The minimum Gasteiger partial charge on any atom is -0.316 e. The predicted molar refractivity (Wildman–Crippen MR) is 85.4 cm³/mol. The zero-order chi connectivity index (χ0) is 13.7. The van der Waals surface area contributed by atoms with Crippen molar-refractivity contribution in [3.8, 4) is 0 Å². The zero-order valence-electron chi connectivity index (χ0n) is 12.4. The molecule has 0 saturated carbocycles. The van der Waals surface area contributed by atoms with E-state index in [0.29, 0.717) is 5.54 Å². The highest BCUT2D eigenvalue weighted by Crippen LogP contribution is 2.45. The number of rotatable bonds is 2. The number of hydrogen-bond acceptors (Lipinski definition) is 3. The van der Waals surface area contributed by atoms with Crippen LogP contribution in [0.5, 0.6) is 0 Å². The first kappa shape index (κ1) is 13.2. The second-order valence-electron chi connectivity index (χ2n) is 7.13. The molecule has 0 aromatic heterocycles. The van der Waals surface area contributed by atoms with Gasteiger partial charge in [-0.25, -0.2) is 0 Å². The van der Waals surface area contributed by atoms with Gasteiger partial charge in [0.2, 0.25) is 0 Å². The molecule has 0 spiro atoms. The predicted octanol–water partition coefficient (Wildman–Crippen LogP) is 2.81. The van der Waals surface area contributed by atoms with E-state index in [1.807, 2.05) is 11.8 Å². The molecule has 3 aliphatic heterocycles. The lowest BCUT2D eigenvalue weighted by Crippen LogP contribution is -2.46. The second-order valence-corrected chi connectivity index (χ2v) is 8.19. The SMILES string of the molecule is CC1(C)C2CNCC2CN1CC1CSc2ccccc21. The van der Waals surface area contributed by atoms with Crippen LogP contribution < -0.4 is 5.32 Å². The molecule has 0 bridgehead atoms. The Hall–Kier alpha value is -0.510. The van der Waals surface area contributed by atoms with Crippen LogP contribution in [0.2, 0.25) is 0 Å². The minimum atomic E-state index is 0.358. The number of hydrogen-bond donors (Lipinski definition) is 1. The Morgan fingerprint density at radius 1 is 1.30 bits per heavy atom. The molecular formula is C17H24N2S. The Bertz CT molecular complexity index is 513. The van der Waals surface area contributed by atoms with Gasteiger partial charge in [0.1, 0.15) is 0 Å². The molecular weight excluding hydrogens is 264 g/mol. The molecule has 1 aromatic carbocycles. The fraction of sp³-hybridized carbons (Fsp3) is 0.647. The molecule has 4 rings (SSSR count). The zero-order valence-corrected chi connectivity index (χ0v) is 13.2. The van der Waals surface area contributed by atoms with Gasteiger partial charge in [-0.2, -0.15) is 0 Å². The lowest BCUT2D eigenvalue weighted by Gasteiger charge is -2.37. The molecule has 0 aliphatic carbocycles. The van der Waals surface area contributed by atoms with Gasteiger partial charge in [0, 0.05) is 41.7 Å². The largest absolute Gasteiger partial charge is 0.316 e. The van der Waals surface area contributed by atoms with Crippen LogP contribution in [0.3, 0.4) is 0 Å². The third-order valence-corrected chi connectivity index (χ3v) is 7.01. The summed E-state index contributed by atoms with van der Waals surface area (Å²) in [6.45, 7) is 9.88. The molecule has 3 unspecified atom stereocenters. The Labute approximate surface area is 126 Å². The minimum absolute atomic E-state index is 0.358. The van der Waals surface area contributed by atoms with E-state index < -0.39 is 0 Å². The van der Waals surface area contributed by atoms with E-state index in [9.17, 15) is 0 Å². The first-order valence-corrected chi connectivity index (χ1v) is 8.82. The van der Waals surface area contributed by atoms with Crippen LogP contribution in [0.1, 0.15) is 25.3 Å². The standard InChI is InChI=1S/C17H24N2S/c1-17(2)15-8-18-7-12(15)9-19(17)10-13-11-20-16-6-4-3-5-14(13)16/h3-6,12-13,15,18H,7-11H2,1-2H3. The van der Waals surface area contributed by atoms with Crippen molar-refractivity contribution in [2.75, 3.05) is 31.9 Å². The molecule has 2 nitrogen and oxygen atoms in total. The Morgan fingerprint density at radius 3 is 3.00 bits per heavy atom. The molecule has 3 heteroatoms. The molecule has 108 valence electrons. The Kier molecular flexibility index (Phi) is 3.13. The molecule has 3 heterocycles. The number of nitrogens with zero attached hydrogens (tertiary/aromatic N) is 1. The number of benzene rings is 1.